The zero-order chi connectivity index (χ0) is 13.4. The molecule has 0 heterocycles. The Balaban J connectivity index is 4.32. The minimum absolute atomic E-state index is 0.104. The fourth-order valence-electron chi connectivity index (χ4n) is 0.982. The van der Waals surface area contributed by atoms with E-state index in [-0.39, 0.29) is 6.61 Å². The molecule has 5 N–H and O–H groups in total. The average Bonchev–Trinajstić information content (AvgIpc) is 2.24. The molecule has 0 aromatic rings. The molecule has 1 amide bonds. The monoisotopic (exact) mass is 248 g/mol. The molecule has 8 heteroatoms. The second-order valence-corrected chi connectivity index (χ2v) is 3.20. The second kappa shape index (κ2) is 7.58. The molecule has 0 aliphatic heterocycles. The van der Waals surface area contributed by atoms with Crippen LogP contribution in [0, 0.1) is 0 Å². The standard InChI is InChI=1S/C9H16N2O6/c1-2-17-9(16)6(4-12)11-8(15)5(10)3-7(13)14/h5-6,12H,2-4,10H2,1H3,(H,11,15)(H,13,14)/t5-,6-/m0/s1. The van der Waals surface area contributed by atoms with E-state index in [1.807, 2.05) is 0 Å². The highest BCUT2D eigenvalue weighted by Crippen LogP contribution is 1.93. The van der Waals surface area contributed by atoms with Crippen LogP contribution in [0.15, 0.2) is 0 Å². The van der Waals surface area contributed by atoms with E-state index >= 15 is 0 Å². The normalized spacial score (nSPS) is 13.6. The molecule has 0 radical (unpaired) electrons. The number of hydrogen-bond acceptors (Lipinski definition) is 6. The number of aliphatic hydroxyl groups is 1. The Kier molecular flexibility index (Phi) is 6.83. The summed E-state index contributed by atoms with van der Waals surface area (Å²) in [5, 5.41) is 19.4. The number of nitrogens with one attached hydrogen (secondary N) is 1. The summed E-state index contributed by atoms with van der Waals surface area (Å²) in [4.78, 5) is 32.8. The van der Waals surface area contributed by atoms with E-state index in [1.165, 1.54) is 0 Å². The Labute approximate surface area is 97.7 Å². The molecule has 0 aromatic heterocycles. The van der Waals surface area contributed by atoms with Gasteiger partial charge in [0.15, 0.2) is 6.04 Å². The number of hydrogen-bond donors (Lipinski definition) is 4. The number of carboxylic acids is 1. The topological polar surface area (TPSA) is 139 Å². The van der Waals surface area contributed by atoms with Crippen molar-refractivity contribution >= 4 is 17.8 Å². The van der Waals surface area contributed by atoms with Gasteiger partial charge in [-0.25, -0.2) is 4.79 Å². The fraction of sp³-hybridized carbons (Fsp3) is 0.667. The predicted molar refractivity (Wildman–Crippen MR) is 55.9 cm³/mol. The van der Waals surface area contributed by atoms with Crippen molar-refractivity contribution in [2.24, 2.45) is 5.73 Å². The van der Waals surface area contributed by atoms with Crippen LogP contribution in [0.3, 0.4) is 0 Å². The summed E-state index contributed by atoms with van der Waals surface area (Å²) >= 11 is 0. The molecule has 0 rings (SSSR count). The number of carbonyl (C=O) groups excluding carboxylic acids is 2. The lowest BCUT2D eigenvalue weighted by molar-refractivity contribution is -0.148. The van der Waals surface area contributed by atoms with E-state index in [0.29, 0.717) is 0 Å². The lowest BCUT2D eigenvalue weighted by atomic mass is 10.2. The van der Waals surface area contributed by atoms with Crippen LogP contribution >= 0.6 is 0 Å². The number of amides is 1. The van der Waals surface area contributed by atoms with Crippen LogP contribution in [0.1, 0.15) is 13.3 Å². The van der Waals surface area contributed by atoms with E-state index in [0.717, 1.165) is 0 Å². The number of nitrogens with two attached hydrogens (primary N) is 1. The first-order valence-electron chi connectivity index (χ1n) is 4.97. The Hall–Kier alpha value is -1.67. The molecular formula is C9H16N2O6. The fourth-order valence-corrected chi connectivity index (χ4v) is 0.982. The number of esters is 1. The number of ether oxygens (including phenoxy) is 1. The molecule has 0 aromatic carbocycles. The summed E-state index contributed by atoms with van der Waals surface area (Å²) in [6.45, 7) is 1.03. The van der Waals surface area contributed by atoms with Crippen LogP contribution in [-0.4, -0.2) is 53.4 Å². The molecule has 0 saturated heterocycles. The van der Waals surface area contributed by atoms with Gasteiger partial charge in [0.1, 0.15) is 0 Å². The van der Waals surface area contributed by atoms with Crippen LogP contribution in [-0.2, 0) is 19.1 Å². The Morgan fingerprint density at radius 1 is 1.41 bits per heavy atom. The van der Waals surface area contributed by atoms with E-state index in [2.05, 4.69) is 10.1 Å². The van der Waals surface area contributed by atoms with Crippen LogP contribution < -0.4 is 11.1 Å². The van der Waals surface area contributed by atoms with Crippen molar-refractivity contribution in [3.8, 4) is 0 Å². The van der Waals surface area contributed by atoms with Crippen molar-refractivity contribution in [3.05, 3.63) is 0 Å². The largest absolute Gasteiger partial charge is 0.481 e. The molecule has 0 aliphatic carbocycles. The maximum absolute atomic E-state index is 11.3. The van der Waals surface area contributed by atoms with Crippen molar-refractivity contribution in [2.45, 2.75) is 25.4 Å². The number of aliphatic hydroxyl groups excluding tert-OH is 1. The lowest BCUT2D eigenvalue weighted by Crippen LogP contribution is -2.51. The number of rotatable bonds is 7. The number of carboxylic acid groups (broad SMARTS) is 1. The van der Waals surface area contributed by atoms with Crippen molar-refractivity contribution < 1.29 is 29.3 Å². The van der Waals surface area contributed by atoms with Crippen molar-refractivity contribution in [3.63, 3.8) is 0 Å². The zero-order valence-electron chi connectivity index (χ0n) is 9.38. The Morgan fingerprint density at radius 3 is 2.41 bits per heavy atom. The van der Waals surface area contributed by atoms with E-state index < -0.39 is 43.0 Å². The predicted octanol–water partition coefficient (Wildman–Crippen LogP) is -2.17. The SMILES string of the molecule is CCOC(=O)[C@H](CO)NC(=O)[C@@H](N)CC(=O)O. The molecule has 0 saturated carbocycles. The summed E-state index contributed by atoms with van der Waals surface area (Å²) in [7, 11) is 0. The summed E-state index contributed by atoms with van der Waals surface area (Å²) < 4.78 is 4.59. The lowest BCUT2D eigenvalue weighted by Gasteiger charge is -2.17. The van der Waals surface area contributed by atoms with Gasteiger partial charge in [-0.1, -0.05) is 0 Å². The van der Waals surface area contributed by atoms with Crippen molar-refractivity contribution in [2.75, 3.05) is 13.2 Å². The minimum atomic E-state index is -1.28. The van der Waals surface area contributed by atoms with Gasteiger partial charge in [-0.2, -0.15) is 0 Å². The Morgan fingerprint density at radius 2 is 2.00 bits per heavy atom. The quantitative estimate of drug-likeness (QED) is 0.376. The first kappa shape index (κ1) is 15.3. The van der Waals surface area contributed by atoms with Crippen molar-refractivity contribution in [1.29, 1.82) is 0 Å². The van der Waals surface area contributed by atoms with Crippen molar-refractivity contribution in [1.82, 2.24) is 5.32 Å². The minimum Gasteiger partial charge on any atom is -0.481 e. The third-order valence-electron chi connectivity index (χ3n) is 1.80. The van der Waals surface area contributed by atoms with Gasteiger partial charge in [-0.3, -0.25) is 9.59 Å². The Bertz CT molecular complexity index is 293. The van der Waals surface area contributed by atoms with Gasteiger partial charge in [0.05, 0.1) is 25.7 Å². The first-order chi connectivity index (χ1) is 7.92. The smallest absolute Gasteiger partial charge is 0.331 e. The zero-order valence-corrected chi connectivity index (χ0v) is 9.38. The third-order valence-corrected chi connectivity index (χ3v) is 1.80. The second-order valence-electron chi connectivity index (χ2n) is 3.20. The molecule has 0 spiro atoms. The van der Waals surface area contributed by atoms with Gasteiger partial charge >= 0.3 is 11.9 Å². The maximum atomic E-state index is 11.3. The number of carbonyl (C=O) groups is 3. The highest BCUT2D eigenvalue weighted by molar-refractivity contribution is 5.89. The third kappa shape index (κ3) is 5.83. The van der Waals surface area contributed by atoms with Crippen LogP contribution in [0.25, 0.3) is 0 Å². The molecule has 0 fully saturated rings. The molecular weight excluding hydrogens is 232 g/mol. The van der Waals surface area contributed by atoms with Crippen LogP contribution in [0.2, 0.25) is 0 Å². The molecule has 8 nitrogen and oxygen atoms in total. The summed E-state index contributed by atoms with van der Waals surface area (Å²) in [6, 6.07) is -2.52. The molecule has 2 atom stereocenters. The maximum Gasteiger partial charge on any atom is 0.331 e. The van der Waals surface area contributed by atoms with E-state index in [4.69, 9.17) is 15.9 Å². The van der Waals surface area contributed by atoms with Gasteiger partial charge < -0.3 is 26.0 Å². The van der Waals surface area contributed by atoms with Crippen LogP contribution in [0.4, 0.5) is 0 Å². The summed E-state index contributed by atoms with van der Waals surface area (Å²) in [5.41, 5.74) is 5.27. The highest BCUT2D eigenvalue weighted by atomic mass is 16.5. The highest BCUT2D eigenvalue weighted by Gasteiger charge is 2.25. The summed E-state index contributed by atoms with van der Waals surface area (Å²) in [6.07, 6.45) is -0.563. The van der Waals surface area contributed by atoms with Gasteiger partial charge in [0.25, 0.3) is 0 Å². The first-order valence-corrected chi connectivity index (χ1v) is 4.97. The molecule has 0 aliphatic rings. The van der Waals surface area contributed by atoms with Gasteiger partial charge in [0.2, 0.25) is 5.91 Å². The molecule has 0 bridgehead atoms. The van der Waals surface area contributed by atoms with Gasteiger partial charge in [-0.05, 0) is 6.92 Å². The van der Waals surface area contributed by atoms with E-state index in [1.54, 1.807) is 6.92 Å². The van der Waals surface area contributed by atoms with E-state index in [9.17, 15) is 14.4 Å². The number of aliphatic carboxylic acids is 1. The molecule has 98 valence electrons. The van der Waals surface area contributed by atoms with Crippen LogP contribution in [0.5, 0.6) is 0 Å². The average molecular weight is 248 g/mol. The van der Waals surface area contributed by atoms with Gasteiger partial charge in [-0.15, -0.1) is 0 Å². The summed E-state index contributed by atoms with van der Waals surface area (Å²) in [5.74, 6) is -2.87. The molecule has 0 unspecified atom stereocenters. The van der Waals surface area contributed by atoms with Gasteiger partial charge in [0, 0.05) is 0 Å². The molecule has 17 heavy (non-hydrogen) atoms.